The van der Waals surface area contributed by atoms with E-state index in [1.54, 1.807) is 0 Å². The maximum absolute atomic E-state index is 12.4. The fourth-order valence-corrected chi connectivity index (χ4v) is 3.73. The zero-order chi connectivity index (χ0) is 17.0. The third-order valence-electron chi connectivity index (χ3n) is 4.01. The van der Waals surface area contributed by atoms with E-state index in [0.29, 0.717) is 0 Å². The van der Waals surface area contributed by atoms with Gasteiger partial charge >= 0.3 is 5.97 Å². The second-order valence-electron chi connectivity index (χ2n) is 5.95. The summed E-state index contributed by atoms with van der Waals surface area (Å²) in [6.45, 7) is 0. The second kappa shape index (κ2) is 7.64. The molecule has 0 unspecified atom stereocenters. The Kier molecular flexibility index (Phi) is 6.06. The van der Waals surface area contributed by atoms with Crippen molar-refractivity contribution in [1.29, 1.82) is 0 Å². The number of carbonyl (C=O) groups excluding carboxylic acids is 1. The zero-order valence-corrected chi connectivity index (χ0v) is 15.0. The largest absolute Gasteiger partial charge is 0.459 e. The maximum atomic E-state index is 12.4. The van der Waals surface area contributed by atoms with Crippen molar-refractivity contribution < 1.29 is 17.9 Å². The van der Waals surface area contributed by atoms with Gasteiger partial charge in [0, 0.05) is 14.1 Å². The van der Waals surface area contributed by atoms with E-state index in [1.165, 1.54) is 32.3 Å². The van der Waals surface area contributed by atoms with Crippen LogP contribution >= 0.6 is 11.6 Å². The van der Waals surface area contributed by atoms with Gasteiger partial charge in [-0.15, -0.1) is 0 Å². The van der Waals surface area contributed by atoms with E-state index in [2.05, 4.69) is 0 Å². The fraction of sp³-hybridized carbons (Fsp3) is 0.562. The predicted molar refractivity (Wildman–Crippen MR) is 89.2 cm³/mol. The summed E-state index contributed by atoms with van der Waals surface area (Å²) in [5, 5.41) is 0.196. The first-order chi connectivity index (χ1) is 10.8. The van der Waals surface area contributed by atoms with Crippen molar-refractivity contribution in [1.82, 2.24) is 4.31 Å². The molecule has 0 atom stereocenters. The van der Waals surface area contributed by atoms with Gasteiger partial charge in [-0.2, -0.15) is 0 Å². The Morgan fingerprint density at radius 3 is 2.35 bits per heavy atom. The van der Waals surface area contributed by atoms with Crippen LogP contribution in [0.1, 0.15) is 48.9 Å². The van der Waals surface area contributed by atoms with E-state index >= 15 is 0 Å². The Morgan fingerprint density at radius 1 is 1.17 bits per heavy atom. The number of hydrogen-bond acceptors (Lipinski definition) is 4. The molecule has 1 aromatic rings. The lowest BCUT2D eigenvalue weighted by Gasteiger charge is -2.17. The minimum absolute atomic E-state index is 0.0275. The first-order valence-corrected chi connectivity index (χ1v) is 9.57. The van der Waals surface area contributed by atoms with Crippen molar-refractivity contribution in [3.8, 4) is 0 Å². The van der Waals surface area contributed by atoms with Crippen LogP contribution in [0.4, 0.5) is 0 Å². The third-order valence-corrected chi connectivity index (χ3v) is 6.15. The number of hydrogen-bond donors (Lipinski definition) is 0. The Labute approximate surface area is 142 Å². The number of nitrogens with zero attached hydrogens (tertiary/aromatic N) is 1. The number of esters is 1. The molecule has 0 aliphatic heterocycles. The number of halogens is 1. The summed E-state index contributed by atoms with van der Waals surface area (Å²) in [5.41, 5.74) is 0.0961. The Morgan fingerprint density at radius 2 is 1.78 bits per heavy atom. The average molecular weight is 360 g/mol. The topological polar surface area (TPSA) is 63.7 Å². The molecule has 0 radical (unpaired) electrons. The lowest BCUT2D eigenvalue weighted by atomic mass is 10.1. The SMILES string of the molecule is CN(C)S(=O)(=O)c1ccc(Cl)c(C(=O)OC2CCCCCC2)c1. The molecule has 1 aromatic carbocycles. The molecule has 0 saturated heterocycles. The van der Waals surface area contributed by atoms with Crippen LogP contribution in [0.15, 0.2) is 23.1 Å². The summed E-state index contributed by atoms with van der Waals surface area (Å²) in [5.74, 6) is -0.558. The highest BCUT2D eigenvalue weighted by Crippen LogP contribution is 2.25. The quantitative estimate of drug-likeness (QED) is 0.610. The average Bonchev–Trinajstić information content (AvgIpc) is 2.75. The summed E-state index contributed by atoms with van der Waals surface area (Å²) >= 11 is 6.06. The van der Waals surface area contributed by atoms with E-state index in [-0.39, 0.29) is 21.6 Å². The Hall–Kier alpha value is -1.11. The number of ether oxygens (including phenoxy) is 1. The van der Waals surface area contributed by atoms with Crippen molar-refractivity contribution >= 4 is 27.6 Å². The molecular formula is C16H22ClNO4S. The molecule has 23 heavy (non-hydrogen) atoms. The summed E-state index contributed by atoms with van der Waals surface area (Å²) in [7, 11) is -0.746. The fourth-order valence-electron chi connectivity index (χ4n) is 2.61. The van der Waals surface area contributed by atoms with Crippen molar-refractivity contribution in [3.63, 3.8) is 0 Å². The van der Waals surface area contributed by atoms with Crippen LogP contribution in [0.5, 0.6) is 0 Å². The van der Waals surface area contributed by atoms with Crippen LogP contribution < -0.4 is 0 Å². The summed E-state index contributed by atoms with van der Waals surface area (Å²) < 4.78 is 31.0. The smallest absolute Gasteiger partial charge is 0.339 e. The van der Waals surface area contributed by atoms with Crippen molar-refractivity contribution in [3.05, 3.63) is 28.8 Å². The normalized spacial score (nSPS) is 17.0. The molecule has 2 rings (SSSR count). The van der Waals surface area contributed by atoms with Crippen LogP contribution in [-0.4, -0.2) is 38.9 Å². The van der Waals surface area contributed by atoms with Gasteiger partial charge in [0.25, 0.3) is 0 Å². The molecule has 0 bridgehead atoms. The molecular weight excluding hydrogens is 338 g/mol. The molecule has 0 spiro atoms. The van der Waals surface area contributed by atoms with Crippen molar-refractivity contribution in [2.24, 2.45) is 0 Å². The summed E-state index contributed by atoms with van der Waals surface area (Å²) in [6.07, 6.45) is 5.98. The van der Waals surface area contributed by atoms with Gasteiger partial charge in [0.1, 0.15) is 6.10 Å². The first-order valence-electron chi connectivity index (χ1n) is 7.75. The summed E-state index contributed by atoms with van der Waals surface area (Å²) in [4.78, 5) is 12.4. The van der Waals surface area contributed by atoms with Crippen molar-refractivity contribution in [2.45, 2.75) is 49.5 Å². The highest BCUT2D eigenvalue weighted by Gasteiger charge is 2.23. The van der Waals surface area contributed by atoms with E-state index in [4.69, 9.17) is 16.3 Å². The van der Waals surface area contributed by atoms with Crippen LogP contribution in [0.25, 0.3) is 0 Å². The molecule has 1 aliphatic rings. The molecule has 0 N–H and O–H groups in total. The molecule has 5 nitrogen and oxygen atoms in total. The number of carbonyl (C=O) groups is 1. The van der Waals surface area contributed by atoms with Gasteiger partial charge in [-0.05, 0) is 43.9 Å². The molecule has 1 fully saturated rings. The van der Waals surface area contributed by atoms with Gasteiger partial charge in [-0.3, -0.25) is 0 Å². The second-order valence-corrected chi connectivity index (χ2v) is 8.51. The molecule has 1 saturated carbocycles. The standard InChI is InChI=1S/C16H22ClNO4S/c1-18(2)23(20,21)13-9-10-15(17)14(11-13)16(19)22-12-7-5-3-4-6-8-12/h9-12H,3-8H2,1-2H3. The first kappa shape index (κ1) is 18.2. The van der Waals surface area contributed by atoms with Gasteiger partial charge < -0.3 is 4.74 Å². The number of rotatable bonds is 4. The number of sulfonamides is 1. The van der Waals surface area contributed by atoms with Crippen LogP contribution in [0.3, 0.4) is 0 Å². The molecule has 1 aliphatic carbocycles. The highest BCUT2D eigenvalue weighted by atomic mass is 35.5. The minimum atomic E-state index is -3.62. The minimum Gasteiger partial charge on any atom is -0.459 e. The van der Waals surface area contributed by atoms with E-state index in [0.717, 1.165) is 42.8 Å². The lowest BCUT2D eigenvalue weighted by molar-refractivity contribution is 0.0267. The lowest BCUT2D eigenvalue weighted by Crippen LogP contribution is -2.23. The molecule has 0 heterocycles. The zero-order valence-electron chi connectivity index (χ0n) is 13.4. The highest BCUT2D eigenvalue weighted by molar-refractivity contribution is 7.89. The Balaban J connectivity index is 2.22. The van der Waals surface area contributed by atoms with Gasteiger partial charge in [0.15, 0.2) is 0 Å². The third kappa shape index (κ3) is 4.46. The predicted octanol–water partition coefficient (Wildman–Crippen LogP) is 3.47. The van der Waals surface area contributed by atoms with Gasteiger partial charge in [-0.25, -0.2) is 17.5 Å². The molecule has 7 heteroatoms. The van der Waals surface area contributed by atoms with Gasteiger partial charge in [0.05, 0.1) is 15.5 Å². The van der Waals surface area contributed by atoms with Gasteiger partial charge in [0.2, 0.25) is 10.0 Å². The maximum Gasteiger partial charge on any atom is 0.339 e. The molecule has 0 aromatic heterocycles. The van der Waals surface area contributed by atoms with Crippen LogP contribution in [-0.2, 0) is 14.8 Å². The van der Waals surface area contributed by atoms with E-state index in [9.17, 15) is 13.2 Å². The Bertz CT molecular complexity index is 665. The monoisotopic (exact) mass is 359 g/mol. The summed E-state index contributed by atoms with van der Waals surface area (Å²) in [6, 6.07) is 4.10. The molecule has 0 amide bonds. The van der Waals surface area contributed by atoms with Crippen molar-refractivity contribution in [2.75, 3.05) is 14.1 Å². The van der Waals surface area contributed by atoms with Crippen LogP contribution in [0, 0.1) is 0 Å². The van der Waals surface area contributed by atoms with E-state index < -0.39 is 16.0 Å². The van der Waals surface area contributed by atoms with Crippen LogP contribution in [0.2, 0.25) is 5.02 Å². The van der Waals surface area contributed by atoms with Gasteiger partial charge in [-0.1, -0.05) is 24.4 Å². The molecule has 128 valence electrons. The number of benzene rings is 1. The van der Waals surface area contributed by atoms with E-state index in [1.807, 2.05) is 0 Å².